The first-order chi connectivity index (χ1) is 9.52. The van der Waals surface area contributed by atoms with Gasteiger partial charge in [0.05, 0.1) is 17.2 Å². The molecule has 0 aliphatic heterocycles. The van der Waals surface area contributed by atoms with Crippen LogP contribution in [-0.4, -0.2) is 27.5 Å². The summed E-state index contributed by atoms with van der Waals surface area (Å²) < 4.78 is 0. The van der Waals surface area contributed by atoms with Crippen LogP contribution in [0.5, 0.6) is 0 Å². The predicted molar refractivity (Wildman–Crippen MR) is 80.1 cm³/mol. The molecule has 0 aliphatic rings. The van der Waals surface area contributed by atoms with Gasteiger partial charge in [-0.1, -0.05) is 23.7 Å². The number of thiazole rings is 1. The van der Waals surface area contributed by atoms with Crippen molar-refractivity contribution in [2.75, 3.05) is 6.54 Å². The Morgan fingerprint density at radius 3 is 2.60 bits per heavy atom. The van der Waals surface area contributed by atoms with Crippen LogP contribution in [0, 0.1) is 6.92 Å². The highest BCUT2D eigenvalue weighted by atomic mass is 35.5. The van der Waals surface area contributed by atoms with E-state index >= 15 is 0 Å². The van der Waals surface area contributed by atoms with Gasteiger partial charge in [-0.2, -0.15) is 0 Å². The monoisotopic (exact) mass is 310 g/mol. The third-order valence-electron chi connectivity index (χ3n) is 2.73. The first-order valence-electron chi connectivity index (χ1n) is 6.12. The Morgan fingerprint density at radius 1 is 1.35 bits per heavy atom. The first kappa shape index (κ1) is 15.0. The molecule has 0 saturated carbocycles. The molecule has 0 spiro atoms. The highest BCUT2D eigenvalue weighted by Crippen LogP contribution is 2.15. The Hall–Kier alpha value is -1.43. The summed E-state index contributed by atoms with van der Waals surface area (Å²) in [6.45, 7) is 3.01. The smallest absolute Gasteiger partial charge is 0.317 e. The highest BCUT2D eigenvalue weighted by Gasteiger charge is 2.12. The maximum absolute atomic E-state index is 11.0. The van der Waals surface area contributed by atoms with E-state index in [4.69, 9.17) is 16.7 Å². The largest absolute Gasteiger partial charge is 0.480 e. The lowest BCUT2D eigenvalue weighted by molar-refractivity contribution is -0.138. The van der Waals surface area contributed by atoms with Crippen molar-refractivity contribution in [1.82, 2.24) is 9.88 Å². The molecule has 0 radical (unpaired) electrons. The zero-order valence-corrected chi connectivity index (χ0v) is 12.6. The fraction of sp³-hybridized carbons (Fsp3) is 0.286. The second-order valence-electron chi connectivity index (χ2n) is 4.52. The van der Waals surface area contributed by atoms with Gasteiger partial charge in [-0.05, 0) is 24.6 Å². The molecule has 2 rings (SSSR count). The van der Waals surface area contributed by atoms with Gasteiger partial charge in [-0.15, -0.1) is 11.3 Å². The van der Waals surface area contributed by atoms with E-state index in [-0.39, 0.29) is 6.54 Å². The minimum atomic E-state index is -0.842. The molecule has 0 amide bonds. The standard InChI is InChI=1S/C14H15ClN2O2S/c1-10-16-13(9-20-10)7-17(8-14(18)19)6-11-2-4-12(15)5-3-11/h2-5,9H,6-8H2,1H3,(H,18,19). The molecule has 1 heterocycles. The Morgan fingerprint density at radius 2 is 2.05 bits per heavy atom. The summed E-state index contributed by atoms with van der Waals surface area (Å²) in [4.78, 5) is 17.2. The zero-order chi connectivity index (χ0) is 14.5. The molecule has 2 aromatic rings. The van der Waals surface area contributed by atoms with Crippen LogP contribution in [0.15, 0.2) is 29.6 Å². The maximum Gasteiger partial charge on any atom is 0.317 e. The van der Waals surface area contributed by atoms with E-state index in [1.807, 2.05) is 41.5 Å². The lowest BCUT2D eigenvalue weighted by atomic mass is 10.2. The molecule has 0 atom stereocenters. The number of hydrogen-bond donors (Lipinski definition) is 1. The van der Waals surface area contributed by atoms with Crippen LogP contribution in [-0.2, 0) is 17.9 Å². The SMILES string of the molecule is Cc1nc(CN(CC(=O)O)Cc2ccc(Cl)cc2)cs1. The Labute approximate surface area is 126 Å². The zero-order valence-electron chi connectivity index (χ0n) is 11.0. The number of carboxylic acid groups (broad SMARTS) is 1. The fourth-order valence-electron chi connectivity index (χ4n) is 1.92. The van der Waals surface area contributed by atoms with Gasteiger partial charge in [0.25, 0.3) is 0 Å². The lowest BCUT2D eigenvalue weighted by Crippen LogP contribution is -2.29. The van der Waals surface area contributed by atoms with Crippen molar-refractivity contribution in [3.63, 3.8) is 0 Å². The molecular weight excluding hydrogens is 296 g/mol. The molecular formula is C14H15ClN2O2S. The van der Waals surface area contributed by atoms with Gasteiger partial charge in [0.2, 0.25) is 0 Å². The quantitative estimate of drug-likeness (QED) is 0.890. The van der Waals surface area contributed by atoms with Gasteiger partial charge in [0, 0.05) is 23.5 Å². The summed E-state index contributed by atoms with van der Waals surface area (Å²) >= 11 is 7.42. The van der Waals surface area contributed by atoms with Crippen LogP contribution < -0.4 is 0 Å². The summed E-state index contributed by atoms with van der Waals surface area (Å²) in [5.41, 5.74) is 1.94. The van der Waals surface area contributed by atoms with Crippen LogP contribution in [0.1, 0.15) is 16.3 Å². The first-order valence-corrected chi connectivity index (χ1v) is 7.38. The number of carbonyl (C=O) groups is 1. The van der Waals surface area contributed by atoms with Gasteiger partial charge >= 0.3 is 5.97 Å². The van der Waals surface area contributed by atoms with Crippen LogP contribution in [0.4, 0.5) is 0 Å². The minimum absolute atomic E-state index is 0.0147. The normalized spacial score (nSPS) is 10.9. The molecule has 0 saturated heterocycles. The molecule has 0 aliphatic carbocycles. The van der Waals surface area contributed by atoms with E-state index in [9.17, 15) is 4.79 Å². The van der Waals surface area contributed by atoms with Gasteiger partial charge < -0.3 is 5.11 Å². The van der Waals surface area contributed by atoms with Crippen molar-refractivity contribution in [1.29, 1.82) is 0 Å². The van der Waals surface area contributed by atoms with Crippen LogP contribution in [0.25, 0.3) is 0 Å². The van der Waals surface area contributed by atoms with E-state index in [1.54, 1.807) is 11.3 Å². The number of hydrogen-bond acceptors (Lipinski definition) is 4. The summed E-state index contributed by atoms with van der Waals surface area (Å²) in [7, 11) is 0. The molecule has 1 aromatic heterocycles. The minimum Gasteiger partial charge on any atom is -0.480 e. The van der Waals surface area contributed by atoms with Crippen molar-refractivity contribution in [2.24, 2.45) is 0 Å². The average Bonchev–Trinajstić information content (AvgIpc) is 2.77. The fourth-order valence-corrected chi connectivity index (χ4v) is 2.65. The van der Waals surface area contributed by atoms with Crippen molar-refractivity contribution < 1.29 is 9.90 Å². The Balaban J connectivity index is 2.06. The van der Waals surface area contributed by atoms with E-state index in [0.717, 1.165) is 16.3 Å². The molecule has 6 heteroatoms. The van der Waals surface area contributed by atoms with Gasteiger partial charge in [-0.3, -0.25) is 9.69 Å². The summed E-state index contributed by atoms with van der Waals surface area (Å²) in [6, 6.07) is 7.43. The third kappa shape index (κ3) is 4.59. The summed E-state index contributed by atoms with van der Waals surface area (Å²) in [6.07, 6.45) is 0. The second kappa shape index (κ2) is 6.83. The Bertz CT molecular complexity index is 583. The number of benzene rings is 1. The highest BCUT2D eigenvalue weighted by molar-refractivity contribution is 7.09. The van der Waals surface area contributed by atoms with E-state index in [2.05, 4.69) is 4.98 Å². The van der Waals surface area contributed by atoms with Crippen molar-refractivity contribution in [2.45, 2.75) is 20.0 Å². The summed E-state index contributed by atoms with van der Waals surface area (Å²) in [5.74, 6) is -0.842. The molecule has 20 heavy (non-hydrogen) atoms. The number of aryl methyl sites for hydroxylation is 1. The molecule has 0 bridgehead atoms. The third-order valence-corrected chi connectivity index (χ3v) is 3.80. The molecule has 4 nitrogen and oxygen atoms in total. The molecule has 1 N–H and O–H groups in total. The van der Waals surface area contributed by atoms with Gasteiger partial charge in [-0.25, -0.2) is 4.98 Å². The molecule has 0 unspecified atom stereocenters. The van der Waals surface area contributed by atoms with Crippen LogP contribution in [0.3, 0.4) is 0 Å². The van der Waals surface area contributed by atoms with Gasteiger partial charge in [0.15, 0.2) is 0 Å². The topological polar surface area (TPSA) is 53.4 Å². The number of aromatic nitrogens is 1. The predicted octanol–water partition coefficient (Wildman–Crippen LogP) is 3.19. The molecule has 0 fully saturated rings. The summed E-state index contributed by atoms with van der Waals surface area (Å²) in [5, 5.41) is 12.6. The molecule has 106 valence electrons. The van der Waals surface area contributed by atoms with Gasteiger partial charge in [0.1, 0.15) is 0 Å². The number of halogens is 1. The molecule has 1 aromatic carbocycles. The van der Waals surface area contributed by atoms with E-state index in [1.165, 1.54) is 0 Å². The van der Waals surface area contributed by atoms with Crippen molar-refractivity contribution in [3.8, 4) is 0 Å². The lowest BCUT2D eigenvalue weighted by Gasteiger charge is -2.19. The number of rotatable bonds is 6. The number of carboxylic acids is 1. The van der Waals surface area contributed by atoms with Crippen LogP contribution in [0.2, 0.25) is 5.02 Å². The van der Waals surface area contributed by atoms with E-state index < -0.39 is 5.97 Å². The number of aliphatic carboxylic acids is 1. The van der Waals surface area contributed by atoms with Crippen molar-refractivity contribution in [3.05, 3.63) is 50.9 Å². The van der Waals surface area contributed by atoms with Crippen LogP contribution >= 0.6 is 22.9 Å². The number of nitrogens with zero attached hydrogens (tertiary/aromatic N) is 2. The van der Waals surface area contributed by atoms with Crippen molar-refractivity contribution >= 4 is 28.9 Å². The Kier molecular flexibility index (Phi) is 5.11. The van der Waals surface area contributed by atoms with E-state index in [0.29, 0.717) is 18.1 Å². The average molecular weight is 311 g/mol. The maximum atomic E-state index is 11.0. The second-order valence-corrected chi connectivity index (χ2v) is 6.02.